The van der Waals surface area contributed by atoms with Crippen LogP contribution in [0.2, 0.25) is 5.02 Å². The molecule has 1 atom stereocenters. The van der Waals surface area contributed by atoms with Crippen LogP contribution in [0.25, 0.3) is 0 Å². The lowest BCUT2D eigenvalue weighted by molar-refractivity contribution is 0.0691. The van der Waals surface area contributed by atoms with Gasteiger partial charge in [-0.25, -0.2) is 0 Å². The molecule has 0 saturated carbocycles. The van der Waals surface area contributed by atoms with E-state index in [0.717, 1.165) is 30.8 Å². The molecule has 0 radical (unpaired) electrons. The van der Waals surface area contributed by atoms with Crippen molar-refractivity contribution < 1.29 is 4.79 Å². The Balaban J connectivity index is 0.00000108. The van der Waals surface area contributed by atoms with Crippen LogP contribution in [-0.2, 0) is 0 Å². The molecule has 1 amide bonds. The van der Waals surface area contributed by atoms with Gasteiger partial charge in [0.25, 0.3) is 5.91 Å². The van der Waals surface area contributed by atoms with E-state index >= 15 is 0 Å². The van der Waals surface area contributed by atoms with Gasteiger partial charge in [-0.3, -0.25) is 4.79 Å². The highest BCUT2D eigenvalue weighted by Gasteiger charge is 2.39. The van der Waals surface area contributed by atoms with Gasteiger partial charge in [-0.1, -0.05) is 17.7 Å². The summed E-state index contributed by atoms with van der Waals surface area (Å²) < 4.78 is 0. The lowest BCUT2D eigenvalue weighted by atomic mass is 10.0. The van der Waals surface area contributed by atoms with Crippen LogP contribution in [0, 0.1) is 6.92 Å². The first-order valence-corrected chi connectivity index (χ1v) is 5.88. The second-order valence-electron chi connectivity index (χ2n) is 4.43. The smallest absolute Gasteiger partial charge is 0.256 e. The summed E-state index contributed by atoms with van der Waals surface area (Å²) in [6.45, 7) is 4.48. The standard InChI is InChI=1S/C12H13ClN2O.ClH/c1-7-4-8-10-6-14-2-3-15(10)12(16)11(8)9(13)5-7;/h4-5,10,14H,2-3,6H2,1H3;1H/t10-;/m0./s1. The lowest BCUT2D eigenvalue weighted by Crippen LogP contribution is -2.44. The number of carbonyl (C=O) groups excluding carboxylic acids is 1. The molecule has 2 aliphatic rings. The van der Waals surface area contributed by atoms with Crippen LogP contribution in [0.1, 0.15) is 27.5 Å². The van der Waals surface area contributed by atoms with Crippen molar-refractivity contribution in [2.75, 3.05) is 19.6 Å². The summed E-state index contributed by atoms with van der Waals surface area (Å²) in [5, 5.41) is 3.91. The minimum Gasteiger partial charge on any atom is -0.329 e. The second-order valence-corrected chi connectivity index (χ2v) is 4.84. The second kappa shape index (κ2) is 4.48. The van der Waals surface area contributed by atoms with Crippen LogP contribution < -0.4 is 5.32 Å². The van der Waals surface area contributed by atoms with Crippen molar-refractivity contribution in [3.05, 3.63) is 33.8 Å². The van der Waals surface area contributed by atoms with Crippen molar-refractivity contribution in [2.24, 2.45) is 0 Å². The molecule has 2 heterocycles. The SMILES string of the molecule is Cc1cc(Cl)c2c(c1)[C@@H]1CNCCN1C2=O.Cl. The van der Waals surface area contributed by atoms with Crippen LogP contribution in [0.4, 0.5) is 0 Å². The van der Waals surface area contributed by atoms with Gasteiger partial charge in [-0.15, -0.1) is 12.4 Å². The normalized spacial score (nSPS) is 21.9. The van der Waals surface area contributed by atoms with Gasteiger partial charge < -0.3 is 10.2 Å². The number of piperazine rings is 1. The summed E-state index contributed by atoms with van der Waals surface area (Å²) in [6, 6.07) is 4.12. The zero-order chi connectivity index (χ0) is 11.3. The van der Waals surface area contributed by atoms with E-state index in [2.05, 4.69) is 11.4 Å². The number of aryl methyl sites for hydroxylation is 1. The van der Waals surface area contributed by atoms with Crippen molar-refractivity contribution in [3.63, 3.8) is 0 Å². The van der Waals surface area contributed by atoms with Gasteiger partial charge >= 0.3 is 0 Å². The molecule has 0 aromatic heterocycles. The highest BCUT2D eigenvalue weighted by molar-refractivity contribution is 6.34. The Morgan fingerprint density at radius 3 is 3.00 bits per heavy atom. The molecule has 3 rings (SSSR count). The van der Waals surface area contributed by atoms with E-state index in [-0.39, 0.29) is 24.4 Å². The highest BCUT2D eigenvalue weighted by atomic mass is 35.5. The molecule has 1 saturated heterocycles. The summed E-state index contributed by atoms with van der Waals surface area (Å²) in [7, 11) is 0. The zero-order valence-corrected chi connectivity index (χ0v) is 11.1. The third-order valence-electron chi connectivity index (χ3n) is 3.34. The number of nitrogens with one attached hydrogen (secondary N) is 1. The van der Waals surface area contributed by atoms with E-state index in [0.29, 0.717) is 10.6 Å². The predicted octanol–water partition coefficient (Wildman–Crippen LogP) is 2.17. The summed E-state index contributed by atoms with van der Waals surface area (Å²) >= 11 is 6.17. The monoisotopic (exact) mass is 272 g/mol. The first-order valence-electron chi connectivity index (χ1n) is 5.50. The van der Waals surface area contributed by atoms with E-state index in [9.17, 15) is 4.79 Å². The average Bonchev–Trinajstić information content (AvgIpc) is 2.54. The molecule has 5 heteroatoms. The minimum atomic E-state index is 0. The maximum absolute atomic E-state index is 12.2. The number of fused-ring (bicyclic) bond motifs is 3. The van der Waals surface area contributed by atoms with Gasteiger partial charge in [0.2, 0.25) is 0 Å². The summed E-state index contributed by atoms with van der Waals surface area (Å²) in [5.41, 5.74) is 2.91. The van der Waals surface area contributed by atoms with E-state index in [1.165, 1.54) is 0 Å². The van der Waals surface area contributed by atoms with Gasteiger partial charge in [0, 0.05) is 19.6 Å². The van der Waals surface area contributed by atoms with E-state index in [1.807, 2.05) is 17.9 Å². The molecule has 1 aromatic rings. The Hall–Kier alpha value is -0.770. The van der Waals surface area contributed by atoms with E-state index < -0.39 is 0 Å². The Morgan fingerprint density at radius 2 is 2.24 bits per heavy atom. The number of halogens is 2. The molecular formula is C12H14Cl2N2O. The molecular weight excluding hydrogens is 259 g/mol. The van der Waals surface area contributed by atoms with E-state index in [1.54, 1.807) is 0 Å². The average molecular weight is 273 g/mol. The number of hydrogen-bond acceptors (Lipinski definition) is 2. The van der Waals surface area contributed by atoms with Crippen LogP contribution in [-0.4, -0.2) is 30.4 Å². The fourth-order valence-corrected chi connectivity index (χ4v) is 2.99. The molecule has 3 nitrogen and oxygen atoms in total. The van der Waals surface area contributed by atoms with Crippen LogP contribution in [0.3, 0.4) is 0 Å². The summed E-state index contributed by atoms with van der Waals surface area (Å²) in [5.74, 6) is 0.0894. The molecule has 2 aliphatic heterocycles. The van der Waals surface area contributed by atoms with Gasteiger partial charge in [-0.2, -0.15) is 0 Å². The predicted molar refractivity (Wildman–Crippen MR) is 70.1 cm³/mol. The van der Waals surface area contributed by atoms with Crippen LogP contribution >= 0.6 is 24.0 Å². The van der Waals surface area contributed by atoms with Crippen molar-refractivity contribution >= 4 is 29.9 Å². The van der Waals surface area contributed by atoms with Crippen molar-refractivity contribution in [2.45, 2.75) is 13.0 Å². The maximum atomic E-state index is 12.2. The number of amides is 1. The van der Waals surface area contributed by atoms with Gasteiger partial charge in [0.05, 0.1) is 16.6 Å². The molecule has 0 unspecified atom stereocenters. The quantitative estimate of drug-likeness (QED) is 0.785. The molecule has 17 heavy (non-hydrogen) atoms. The Bertz CT molecular complexity index is 476. The molecule has 0 spiro atoms. The number of nitrogens with zero attached hydrogens (tertiary/aromatic N) is 1. The van der Waals surface area contributed by atoms with Crippen molar-refractivity contribution in [1.82, 2.24) is 10.2 Å². The van der Waals surface area contributed by atoms with Gasteiger partial charge in [0.15, 0.2) is 0 Å². The number of hydrogen-bond donors (Lipinski definition) is 1. The third kappa shape index (κ3) is 1.82. The van der Waals surface area contributed by atoms with Crippen molar-refractivity contribution in [3.8, 4) is 0 Å². The molecule has 0 aliphatic carbocycles. The highest BCUT2D eigenvalue weighted by Crippen LogP contribution is 2.38. The Kier molecular flexibility index (Phi) is 3.34. The maximum Gasteiger partial charge on any atom is 0.256 e. The molecule has 0 bridgehead atoms. The molecule has 1 N–H and O–H groups in total. The van der Waals surface area contributed by atoms with Crippen LogP contribution in [0.5, 0.6) is 0 Å². The Morgan fingerprint density at radius 1 is 1.47 bits per heavy atom. The number of benzene rings is 1. The zero-order valence-electron chi connectivity index (χ0n) is 9.50. The Labute approximate surface area is 112 Å². The topological polar surface area (TPSA) is 32.3 Å². The molecule has 1 aromatic carbocycles. The largest absolute Gasteiger partial charge is 0.329 e. The first-order chi connectivity index (χ1) is 7.68. The first kappa shape index (κ1) is 12.7. The van der Waals surface area contributed by atoms with Gasteiger partial charge in [-0.05, 0) is 24.1 Å². The number of rotatable bonds is 0. The van der Waals surface area contributed by atoms with Crippen LogP contribution in [0.15, 0.2) is 12.1 Å². The fraction of sp³-hybridized carbons (Fsp3) is 0.417. The molecule has 1 fully saturated rings. The molecule has 92 valence electrons. The minimum absolute atomic E-state index is 0. The third-order valence-corrected chi connectivity index (χ3v) is 3.64. The van der Waals surface area contributed by atoms with E-state index in [4.69, 9.17) is 11.6 Å². The lowest BCUT2D eigenvalue weighted by Gasteiger charge is -2.30. The van der Waals surface area contributed by atoms with Crippen molar-refractivity contribution in [1.29, 1.82) is 0 Å². The van der Waals surface area contributed by atoms with Gasteiger partial charge in [0.1, 0.15) is 0 Å². The summed E-state index contributed by atoms with van der Waals surface area (Å²) in [4.78, 5) is 14.1. The fourth-order valence-electron chi connectivity index (χ4n) is 2.63. The summed E-state index contributed by atoms with van der Waals surface area (Å²) in [6.07, 6.45) is 0. The number of carbonyl (C=O) groups is 1.